The fourth-order valence-electron chi connectivity index (χ4n) is 1.92. The molecule has 0 amide bonds. The average Bonchev–Trinajstić information content (AvgIpc) is 2.52. The van der Waals surface area contributed by atoms with Gasteiger partial charge >= 0.3 is 6.01 Å². The molecule has 0 bridgehead atoms. The van der Waals surface area contributed by atoms with Gasteiger partial charge in [0.25, 0.3) is 0 Å². The van der Waals surface area contributed by atoms with Gasteiger partial charge in [0.1, 0.15) is 6.07 Å². The van der Waals surface area contributed by atoms with Gasteiger partial charge in [-0.1, -0.05) is 18.2 Å². The van der Waals surface area contributed by atoms with Crippen molar-refractivity contribution in [2.24, 2.45) is 0 Å². The van der Waals surface area contributed by atoms with E-state index in [-0.39, 0.29) is 22.8 Å². The number of fused-ring (bicyclic) bond motifs is 1. The molecule has 0 saturated heterocycles. The number of pyridine rings is 1. The number of halogens is 1. The van der Waals surface area contributed by atoms with E-state index in [2.05, 4.69) is 19.9 Å². The molecule has 0 fully saturated rings. The lowest BCUT2D eigenvalue weighted by Gasteiger charge is -2.06. The molecule has 2 aromatic heterocycles. The molecular weight excluding hydrogens is 290 g/mol. The molecule has 0 aliphatic heterocycles. The number of rotatable bonds is 2. The first-order valence-electron chi connectivity index (χ1n) is 5.97. The van der Waals surface area contributed by atoms with E-state index >= 15 is 0 Å². The highest BCUT2D eigenvalue weighted by atomic mass is 35.5. The van der Waals surface area contributed by atoms with Crippen LogP contribution in [-0.4, -0.2) is 27.0 Å². The molecule has 3 aromatic rings. The Morgan fingerprint density at radius 2 is 1.95 bits per heavy atom. The van der Waals surface area contributed by atoms with Crippen molar-refractivity contribution < 1.29 is 4.74 Å². The highest BCUT2D eigenvalue weighted by Crippen LogP contribution is 2.25. The Bertz CT molecular complexity index is 875. The fourth-order valence-corrected chi connectivity index (χ4v) is 2.07. The van der Waals surface area contributed by atoms with Gasteiger partial charge < -0.3 is 4.74 Å². The quantitative estimate of drug-likeness (QED) is 0.723. The Hall–Kier alpha value is -2.78. The monoisotopic (exact) mass is 297 g/mol. The van der Waals surface area contributed by atoms with Crippen LogP contribution in [0.4, 0.5) is 0 Å². The summed E-state index contributed by atoms with van der Waals surface area (Å²) < 4.78 is 4.97. The van der Waals surface area contributed by atoms with Crippen molar-refractivity contribution in [1.82, 2.24) is 19.9 Å². The van der Waals surface area contributed by atoms with Crippen molar-refractivity contribution in [3.63, 3.8) is 0 Å². The first kappa shape index (κ1) is 13.2. The number of aromatic nitrogens is 4. The molecule has 0 saturated carbocycles. The van der Waals surface area contributed by atoms with Gasteiger partial charge in [0.15, 0.2) is 11.5 Å². The maximum absolute atomic E-state index is 9.29. The number of ether oxygens (including phenoxy) is 1. The molecule has 102 valence electrons. The minimum absolute atomic E-state index is 0.00565. The third-order valence-corrected chi connectivity index (χ3v) is 3.01. The van der Waals surface area contributed by atoms with Crippen molar-refractivity contribution in [1.29, 1.82) is 5.26 Å². The van der Waals surface area contributed by atoms with E-state index in [9.17, 15) is 5.26 Å². The Balaban J connectivity index is 2.28. The zero-order valence-electron chi connectivity index (χ0n) is 10.9. The molecule has 0 N–H and O–H groups in total. The van der Waals surface area contributed by atoms with Crippen molar-refractivity contribution in [2.45, 2.75) is 0 Å². The van der Waals surface area contributed by atoms with Gasteiger partial charge in [-0.15, -0.1) is 0 Å². The molecule has 0 aliphatic carbocycles. The Kier molecular flexibility index (Phi) is 3.34. The second-order valence-corrected chi connectivity index (χ2v) is 4.44. The van der Waals surface area contributed by atoms with E-state index in [1.807, 2.05) is 30.3 Å². The van der Waals surface area contributed by atoms with Gasteiger partial charge in [-0.05, 0) is 23.7 Å². The van der Waals surface area contributed by atoms with Gasteiger partial charge in [-0.3, -0.25) is 0 Å². The van der Waals surface area contributed by atoms with Gasteiger partial charge in [0, 0.05) is 5.39 Å². The van der Waals surface area contributed by atoms with Crippen LogP contribution in [0.5, 0.6) is 6.01 Å². The SMILES string of the molecule is COc1nc(Cl)nc(-c2cc3ccccc3nc2C#N)n1. The molecule has 0 aliphatic rings. The molecule has 6 nitrogen and oxygen atoms in total. The van der Waals surface area contributed by atoms with Crippen LogP contribution in [-0.2, 0) is 0 Å². The normalized spacial score (nSPS) is 10.3. The lowest BCUT2D eigenvalue weighted by molar-refractivity contribution is 0.379. The van der Waals surface area contributed by atoms with E-state index in [4.69, 9.17) is 16.3 Å². The summed E-state index contributed by atoms with van der Waals surface area (Å²) >= 11 is 5.85. The second kappa shape index (κ2) is 5.31. The number of benzene rings is 1. The van der Waals surface area contributed by atoms with Crippen LogP contribution in [0.2, 0.25) is 5.28 Å². The van der Waals surface area contributed by atoms with Gasteiger partial charge in [0.05, 0.1) is 18.2 Å². The summed E-state index contributed by atoms with van der Waals surface area (Å²) in [4.78, 5) is 16.3. The van der Waals surface area contributed by atoms with Crippen molar-refractivity contribution in [3.8, 4) is 23.5 Å². The molecule has 3 rings (SSSR count). The van der Waals surface area contributed by atoms with Gasteiger partial charge in [-0.25, -0.2) is 4.98 Å². The first-order chi connectivity index (χ1) is 10.2. The minimum Gasteiger partial charge on any atom is -0.467 e. The number of hydrogen-bond donors (Lipinski definition) is 0. The highest BCUT2D eigenvalue weighted by molar-refractivity contribution is 6.28. The Morgan fingerprint density at radius 1 is 1.14 bits per heavy atom. The van der Waals surface area contributed by atoms with Gasteiger partial charge in [-0.2, -0.15) is 20.2 Å². The van der Waals surface area contributed by atoms with Crippen molar-refractivity contribution >= 4 is 22.5 Å². The summed E-state index contributed by atoms with van der Waals surface area (Å²) in [5, 5.41) is 10.2. The number of hydrogen-bond acceptors (Lipinski definition) is 6. The van der Waals surface area contributed by atoms with Crippen LogP contribution in [0.15, 0.2) is 30.3 Å². The van der Waals surface area contributed by atoms with E-state index < -0.39 is 0 Å². The average molecular weight is 298 g/mol. The van der Waals surface area contributed by atoms with Crippen LogP contribution >= 0.6 is 11.6 Å². The van der Waals surface area contributed by atoms with Crippen LogP contribution < -0.4 is 4.74 Å². The largest absolute Gasteiger partial charge is 0.467 e. The molecule has 0 atom stereocenters. The standard InChI is InChI=1S/C14H8ClN5O/c1-21-14-19-12(18-13(15)20-14)9-6-8-4-2-3-5-10(8)17-11(9)7-16/h2-6H,1H3. The summed E-state index contributed by atoms with van der Waals surface area (Å²) in [6.45, 7) is 0. The number of methoxy groups -OCH3 is 1. The molecule has 2 heterocycles. The summed E-state index contributed by atoms with van der Waals surface area (Å²) in [5.41, 5.74) is 1.43. The lowest BCUT2D eigenvalue weighted by Crippen LogP contribution is -2.00. The maximum Gasteiger partial charge on any atom is 0.321 e. The molecule has 1 aromatic carbocycles. The molecule has 21 heavy (non-hydrogen) atoms. The summed E-state index contributed by atoms with van der Waals surface area (Å²) in [5.74, 6) is 0.252. The third kappa shape index (κ3) is 2.47. The minimum atomic E-state index is -0.00565. The summed E-state index contributed by atoms with van der Waals surface area (Å²) in [6.07, 6.45) is 0. The fraction of sp³-hybridized carbons (Fsp3) is 0.0714. The molecule has 0 spiro atoms. The first-order valence-corrected chi connectivity index (χ1v) is 6.35. The number of para-hydroxylation sites is 1. The van der Waals surface area contributed by atoms with E-state index in [1.54, 1.807) is 6.07 Å². The zero-order valence-corrected chi connectivity index (χ0v) is 11.7. The smallest absolute Gasteiger partial charge is 0.321 e. The predicted octanol–water partition coefficient (Wildman–Crippen LogP) is 2.62. The van der Waals surface area contributed by atoms with E-state index in [1.165, 1.54) is 7.11 Å². The summed E-state index contributed by atoms with van der Waals surface area (Å²) in [6, 6.07) is 11.4. The number of nitrogens with zero attached hydrogens (tertiary/aromatic N) is 5. The molecule has 0 unspecified atom stereocenters. The highest BCUT2D eigenvalue weighted by Gasteiger charge is 2.14. The molecule has 0 radical (unpaired) electrons. The van der Waals surface area contributed by atoms with Crippen LogP contribution in [0.25, 0.3) is 22.3 Å². The lowest BCUT2D eigenvalue weighted by atomic mass is 10.1. The molecule has 7 heteroatoms. The van der Waals surface area contributed by atoms with Gasteiger partial charge in [0.2, 0.25) is 5.28 Å². The van der Waals surface area contributed by atoms with Crippen molar-refractivity contribution in [3.05, 3.63) is 41.3 Å². The Labute approximate surface area is 125 Å². The zero-order chi connectivity index (χ0) is 14.8. The van der Waals surface area contributed by atoms with Crippen LogP contribution in [0, 0.1) is 11.3 Å². The Morgan fingerprint density at radius 3 is 2.71 bits per heavy atom. The maximum atomic E-state index is 9.29. The van der Waals surface area contributed by atoms with E-state index in [0.717, 1.165) is 10.9 Å². The predicted molar refractivity (Wildman–Crippen MR) is 76.8 cm³/mol. The van der Waals surface area contributed by atoms with E-state index in [0.29, 0.717) is 5.56 Å². The number of nitriles is 1. The summed E-state index contributed by atoms with van der Waals surface area (Å²) in [7, 11) is 1.43. The van der Waals surface area contributed by atoms with Crippen LogP contribution in [0.3, 0.4) is 0 Å². The topological polar surface area (TPSA) is 84.6 Å². The molecular formula is C14H8ClN5O. The van der Waals surface area contributed by atoms with Crippen molar-refractivity contribution in [2.75, 3.05) is 7.11 Å². The third-order valence-electron chi connectivity index (χ3n) is 2.84. The second-order valence-electron chi connectivity index (χ2n) is 4.10. The van der Waals surface area contributed by atoms with Crippen LogP contribution in [0.1, 0.15) is 5.69 Å².